The molecule has 4 rings (SSSR count). The monoisotopic (exact) mass is 422 g/mol. The molecule has 2 N–H and O–H groups in total. The van der Waals surface area contributed by atoms with Crippen LogP contribution in [0.25, 0.3) is 5.69 Å². The van der Waals surface area contributed by atoms with Crippen LogP contribution in [0.2, 0.25) is 5.02 Å². The van der Waals surface area contributed by atoms with Crippen LogP contribution in [0.5, 0.6) is 0 Å². The predicted molar refractivity (Wildman–Crippen MR) is 121 cm³/mol. The number of piperidine rings is 1. The van der Waals surface area contributed by atoms with Crippen LogP contribution in [-0.2, 0) is 6.54 Å². The quantitative estimate of drug-likeness (QED) is 0.634. The first kappa shape index (κ1) is 20.6. The number of carbonyl (C=O) groups excluding carboxylic acids is 1. The topological polar surface area (TPSA) is 59.0 Å². The summed E-state index contributed by atoms with van der Waals surface area (Å²) in [6, 6.07) is 13.8. The molecule has 0 spiro atoms. The van der Waals surface area contributed by atoms with Crippen molar-refractivity contribution >= 4 is 17.5 Å². The summed E-state index contributed by atoms with van der Waals surface area (Å²) in [6.07, 6.45) is 3.70. The predicted octanol–water partition coefficient (Wildman–Crippen LogP) is 4.54. The fourth-order valence-electron chi connectivity index (χ4n) is 3.96. The molecule has 0 radical (unpaired) electrons. The van der Waals surface area contributed by atoms with E-state index in [9.17, 15) is 4.79 Å². The van der Waals surface area contributed by atoms with Crippen LogP contribution >= 0.6 is 11.6 Å². The Kier molecular flexibility index (Phi) is 6.21. The van der Waals surface area contributed by atoms with Gasteiger partial charge in [0.15, 0.2) is 0 Å². The molecule has 1 fully saturated rings. The van der Waals surface area contributed by atoms with E-state index in [-0.39, 0.29) is 5.91 Å². The van der Waals surface area contributed by atoms with Gasteiger partial charge in [-0.25, -0.2) is 4.68 Å². The van der Waals surface area contributed by atoms with Crippen LogP contribution in [0.4, 0.5) is 0 Å². The number of benzene rings is 2. The van der Waals surface area contributed by atoms with Crippen molar-refractivity contribution in [3.05, 3.63) is 81.6 Å². The number of halogens is 1. The number of nitrogens with zero attached hydrogens (tertiary/aromatic N) is 2. The molecular formula is C24H27ClN4O. The lowest BCUT2D eigenvalue weighted by Crippen LogP contribution is -2.30. The molecule has 0 bridgehead atoms. The SMILES string of the molecule is Cc1ccc(-n2ncc(C(=O)NCc3ccc(Cl)cc3)c2C2CCNCC2)cc1C. The first-order valence-corrected chi connectivity index (χ1v) is 10.8. The number of aryl methyl sites for hydroxylation is 2. The number of hydrogen-bond donors (Lipinski definition) is 2. The standard InChI is InChI=1S/C24H27ClN4O/c1-16-3-8-21(13-17(16)2)29-23(19-9-11-26-12-10-19)22(15-28-29)24(30)27-14-18-4-6-20(25)7-5-18/h3-8,13,15,19,26H,9-12,14H2,1-2H3,(H,27,30). The number of nitrogens with one attached hydrogen (secondary N) is 2. The molecule has 1 saturated heterocycles. The molecule has 6 heteroatoms. The maximum Gasteiger partial charge on any atom is 0.255 e. The summed E-state index contributed by atoms with van der Waals surface area (Å²) in [5, 5.41) is 11.8. The summed E-state index contributed by atoms with van der Waals surface area (Å²) in [7, 11) is 0. The van der Waals surface area contributed by atoms with Gasteiger partial charge in [-0.3, -0.25) is 4.79 Å². The van der Waals surface area contributed by atoms with Crippen molar-refractivity contribution < 1.29 is 4.79 Å². The van der Waals surface area contributed by atoms with Crippen LogP contribution in [0.15, 0.2) is 48.7 Å². The molecule has 1 aliphatic heterocycles. The van der Waals surface area contributed by atoms with E-state index < -0.39 is 0 Å². The normalized spacial score (nSPS) is 14.6. The molecule has 0 unspecified atom stereocenters. The van der Waals surface area contributed by atoms with Gasteiger partial charge in [0.2, 0.25) is 0 Å². The van der Waals surface area contributed by atoms with E-state index in [0.29, 0.717) is 23.0 Å². The van der Waals surface area contributed by atoms with Crippen molar-refractivity contribution in [2.45, 2.75) is 39.2 Å². The fourth-order valence-corrected chi connectivity index (χ4v) is 4.09. The Labute approximate surface area is 182 Å². The van der Waals surface area contributed by atoms with E-state index in [0.717, 1.165) is 42.9 Å². The van der Waals surface area contributed by atoms with Gasteiger partial charge in [0.05, 0.1) is 23.1 Å². The number of hydrogen-bond acceptors (Lipinski definition) is 3. The molecule has 5 nitrogen and oxygen atoms in total. The van der Waals surface area contributed by atoms with Crippen molar-refractivity contribution in [2.24, 2.45) is 0 Å². The van der Waals surface area contributed by atoms with E-state index in [4.69, 9.17) is 11.6 Å². The highest BCUT2D eigenvalue weighted by Gasteiger charge is 2.27. The van der Waals surface area contributed by atoms with E-state index in [1.165, 1.54) is 11.1 Å². The van der Waals surface area contributed by atoms with Gasteiger partial charge in [0, 0.05) is 17.5 Å². The van der Waals surface area contributed by atoms with Crippen LogP contribution in [0.3, 0.4) is 0 Å². The molecule has 2 aromatic carbocycles. The third-order valence-electron chi connectivity index (χ3n) is 5.88. The lowest BCUT2D eigenvalue weighted by Gasteiger charge is -2.25. The van der Waals surface area contributed by atoms with Gasteiger partial charge in [-0.1, -0.05) is 29.8 Å². The average Bonchev–Trinajstić information content (AvgIpc) is 3.21. The first-order valence-electron chi connectivity index (χ1n) is 10.4. The zero-order chi connectivity index (χ0) is 21.1. The van der Waals surface area contributed by atoms with Crippen molar-refractivity contribution in [1.29, 1.82) is 0 Å². The van der Waals surface area contributed by atoms with Crippen LogP contribution < -0.4 is 10.6 Å². The Bertz CT molecular complexity index is 1040. The summed E-state index contributed by atoms with van der Waals surface area (Å²) >= 11 is 5.96. The van der Waals surface area contributed by atoms with E-state index in [1.54, 1.807) is 6.20 Å². The van der Waals surface area contributed by atoms with Gasteiger partial charge < -0.3 is 10.6 Å². The molecule has 0 atom stereocenters. The average molecular weight is 423 g/mol. The van der Waals surface area contributed by atoms with Crippen LogP contribution in [0.1, 0.15) is 51.5 Å². The van der Waals surface area contributed by atoms with Gasteiger partial charge in [-0.15, -0.1) is 0 Å². The third kappa shape index (κ3) is 4.42. The van der Waals surface area contributed by atoms with Gasteiger partial charge in [0.1, 0.15) is 0 Å². The lowest BCUT2D eigenvalue weighted by molar-refractivity contribution is 0.0949. The molecule has 30 heavy (non-hydrogen) atoms. The summed E-state index contributed by atoms with van der Waals surface area (Å²) in [5.41, 5.74) is 6.15. The third-order valence-corrected chi connectivity index (χ3v) is 6.13. The van der Waals surface area contributed by atoms with Gasteiger partial charge in [0.25, 0.3) is 5.91 Å². The molecule has 0 aliphatic carbocycles. The molecule has 1 aliphatic rings. The number of carbonyl (C=O) groups is 1. The molecule has 1 amide bonds. The molecule has 3 aromatic rings. The maximum absolute atomic E-state index is 13.1. The Balaban J connectivity index is 1.64. The van der Waals surface area contributed by atoms with Gasteiger partial charge in [-0.2, -0.15) is 5.10 Å². The van der Waals surface area contributed by atoms with Crippen molar-refractivity contribution in [2.75, 3.05) is 13.1 Å². The second-order valence-corrected chi connectivity index (χ2v) is 8.39. The second kappa shape index (κ2) is 9.02. The number of rotatable bonds is 5. The fraction of sp³-hybridized carbons (Fsp3) is 0.333. The first-order chi connectivity index (χ1) is 14.5. The number of aromatic nitrogens is 2. The smallest absolute Gasteiger partial charge is 0.255 e. The minimum atomic E-state index is -0.0893. The zero-order valence-corrected chi connectivity index (χ0v) is 18.2. The van der Waals surface area contributed by atoms with Crippen molar-refractivity contribution in [3.8, 4) is 5.69 Å². The molecule has 2 heterocycles. The summed E-state index contributed by atoms with van der Waals surface area (Å²) < 4.78 is 1.96. The minimum Gasteiger partial charge on any atom is -0.348 e. The van der Waals surface area contributed by atoms with Crippen LogP contribution in [-0.4, -0.2) is 28.8 Å². The largest absolute Gasteiger partial charge is 0.348 e. The maximum atomic E-state index is 13.1. The Morgan fingerprint density at radius 1 is 1.13 bits per heavy atom. The van der Waals surface area contributed by atoms with E-state index in [2.05, 4.69) is 47.8 Å². The second-order valence-electron chi connectivity index (χ2n) is 7.96. The van der Waals surface area contributed by atoms with Crippen molar-refractivity contribution in [3.63, 3.8) is 0 Å². The zero-order valence-electron chi connectivity index (χ0n) is 17.4. The minimum absolute atomic E-state index is 0.0893. The molecule has 1 aromatic heterocycles. The van der Waals surface area contributed by atoms with Crippen LogP contribution in [0, 0.1) is 13.8 Å². The number of amides is 1. The lowest BCUT2D eigenvalue weighted by atomic mass is 9.91. The highest BCUT2D eigenvalue weighted by Crippen LogP contribution is 2.30. The summed E-state index contributed by atoms with van der Waals surface area (Å²) in [6.45, 7) is 6.57. The molecule has 0 saturated carbocycles. The van der Waals surface area contributed by atoms with E-state index >= 15 is 0 Å². The molecule has 156 valence electrons. The molecular weight excluding hydrogens is 396 g/mol. The Hall–Kier alpha value is -2.63. The Morgan fingerprint density at radius 3 is 2.57 bits per heavy atom. The summed E-state index contributed by atoms with van der Waals surface area (Å²) in [4.78, 5) is 13.1. The highest BCUT2D eigenvalue weighted by molar-refractivity contribution is 6.30. The van der Waals surface area contributed by atoms with E-state index in [1.807, 2.05) is 28.9 Å². The van der Waals surface area contributed by atoms with Gasteiger partial charge in [-0.05, 0) is 80.7 Å². The highest BCUT2D eigenvalue weighted by atomic mass is 35.5. The van der Waals surface area contributed by atoms with Crippen molar-refractivity contribution in [1.82, 2.24) is 20.4 Å². The summed E-state index contributed by atoms with van der Waals surface area (Å²) in [5.74, 6) is 0.209. The Morgan fingerprint density at radius 2 is 1.87 bits per heavy atom. The van der Waals surface area contributed by atoms with Gasteiger partial charge >= 0.3 is 0 Å².